The van der Waals surface area contributed by atoms with Crippen molar-refractivity contribution in [3.05, 3.63) is 0 Å². The first-order chi connectivity index (χ1) is 10.7. The van der Waals surface area contributed by atoms with E-state index in [-0.39, 0.29) is 0 Å². The summed E-state index contributed by atoms with van der Waals surface area (Å²) in [5.41, 5.74) is 5.80. The van der Waals surface area contributed by atoms with Crippen LogP contribution in [0.15, 0.2) is 0 Å². The van der Waals surface area contributed by atoms with Crippen LogP contribution in [0.3, 0.4) is 0 Å². The molecule has 1 aliphatic rings. The molecule has 1 rings (SSSR count). The van der Waals surface area contributed by atoms with E-state index in [9.17, 15) is 0 Å². The third-order valence-corrected chi connectivity index (χ3v) is 6.54. The lowest BCUT2D eigenvalue weighted by atomic mass is 9.60. The van der Waals surface area contributed by atoms with Gasteiger partial charge in [0.2, 0.25) is 0 Å². The molecule has 1 nitrogen and oxygen atoms in total. The second-order valence-electron chi connectivity index (χ2n) is 8.06. The Bertz CT molecular complexity index is 263. The Morgan fingerprint density at radius 3 is 1.86 bits per heavy atom. The zero-order chi connectivity index (χ0) is 16.4. The molecule has 0 aromatic carbocycles. The molecule has 22 heavy (non-hydrogen) atoms. The summed E-state index contributed by atoms with van der Waals surface area (Å²) in [6.07, 6.45) is 15.5. The molecule has 0 spiro atoms. The van der Waals surface area contributed by atoms with Gasteiger partial charge in [0, 0.05) is 0 Å². The van der Waals surface area contributed by atoms with Gasteiger partial charge in [-0.25, -0.2) is 0 Å². The lowest BCUT2D eigenvalue weighted by molar-refractivity contribution is 0.0386. The van der Waals surface area contributed by atoms with E-state index in [1.54, 1.807) is 0 Å². The molecule has 5 unspecified atom stereocenters. The van der Waals surface area contributed by atoms with Gasteiger partial charge < -0.3 is 5.73 Å². The molecule has 0 amide bonds. The molecule has 0 saturated heterocycles. The molecule has 0 aliphatic heterocycles. The third-order valence-electron chi connectivity index (χ3n) is 6.54. The molecule has 2 N–H and O–H groups in total. The van der Waals surface area contributed by atoms with Gasteiger partial charge in [-0.3, -0.25) is 0 Å². The zero-order valence-corrected chi connectivity index (χ0v) is 15.9. The van der Waals surface area contributed by atoms with Crippen LogP contribution in [0.5, 0.6) is 0 Å². The van der Waals surface area contributed by atoms with E-state index in [1.807, 2.05) is 0 Å². The monoisotopic (exact) mass is 309 g/mol. The smallest absolute Gasteiger partial charge is 0.00772 e. The standard InChI is InChI=1S/C21H43N/c1-5-7-9-10-13-20-16-19(12-8-6-2)17(3)21(18(20)4)14-11-15-22/h17-21H,5-16,22H2,1-4H3. The summed E-state index contributed by atoms with van der Waals surface area (Å²) in [7, 11) is 0. The molecule has 1 fully saturated rings. The van der Waals surface area contributed by atoms with Gasteiger partial charge in [0.25, 0.3) is 0 Å². The number of unbranched alkanes of at least 4 members (excludes halogenated alkanes) is 4. The quantitative estimate of drug-likeness (QED) is 0.438. The van der Waals surface area contributed by atoms with Crippen LogP contribution in [0.2, 0.25) is 0 Å². The average molecular weight is 310 g/mol. The molecule has 1 aliphatic carbocycles. The third kappa shape index (κ3) is 6.22. The van der Waals surface area contributed by atoms with Crippen molar-refractivity contribution < 1.29 is 0 Å². The maximum absolute atomic E-state index is 5.80. The van der Waals surface area contributed by atoms with Gasteiger partial charge in [0.05, 0.1) is 0 Å². The van der Waals surface area contributed by atoms with E-state index >= 15 is 0 Å². The fourth-order valence-corrected chi connectivity index (χ4v) is 4.94. The number of hydrogen-bond donors (Lipinski definition) is 1. The van der Waals surface area contributed by atoms with Crippen molar-refractivity contribution in [2.45, 2.75) is 98.3 Å². The Labute approximate surface area is 140 Å². The first-order valence-corrected chi connectivity index (χ1v) is 10.4. The average Bonchev–Trinajstić information content (AvgIpc) is 2.52. The Hall–Kier alpha value is -0.0400. The van der Waals surface area contributed by atoms with Crippen molar-refractivity contribution in [1.82, 2.24) is 0 Å². The summed E-state index contributed by atoms with van der Waals surface area (Å²) >= 11 is 0. The molecule has 0 heterocycles. The summed E-state index contributed by atoms with van der Waals surface area (Å²) in [5, 5.41) is 0. The van der Waals surface area contributed by atoms with Crippen molar-refractivity contribution in [3.8, 4) is 0 Å². The minimum Gasteiger partial charge on any atom is -0.330 e. The van der Waals surface area contributed by atoms with Gasteiger partial charge in [-0.1, -0.05) is 79.1 Å². The van der Waals surface area contributed by atoms with E-state index in [1.165, 1.54) is 70.6 Å². The summed E-state index contributed by atoms with van der Waals surface area (Å²) < 4.78 is 0. The van der Waals surface area contributed by atoms with Crippen molar-refractivity contribution in [2.75, 3.05) is 6.54 Å². The van der Waals surface area contributed by atoms with Crippen LogP contribution in [-0.4, -0.2) is 6.54 Å². The fourth-order valence-electron chi connectivity index (χ4n) is 4.94. The van der Waals surface area contributed by atoms with Crippen LogP contribution in [0, 0.1) is 29.6 Å². The van der Waals surface area contributed by atoms with Crippen LogP contribution >= 0.6 is 0 Å². The molecule has 1 saturated carbocycles. The van der Waals surface area contributed by atoms with Gasteiger partial charge in [-0.15, -0.1) is 0 Å². The molecule has 132 valence electrons. The maximum atomic E-state index is 5.80. The molecule has 0 radical (unpaired) electrons. The van der Waals surface area contributed by atoms with Crippen LogP contribution in [-0.2, 0) is 0 Å². The number of rotatable bonds is 11. The second-order valence-corrected chi connectivity index (χ2v) is 8.06. The second kappa shape index (κ2) is 11.5. The predicted molar refractivity (Wildman–Crippen MR) is 100.0 cm³/mol. The highest BCUT2D eigenvalue weighted by atomic mass is 14.5. The molecule has 1 heteroatoms. The van der Waals surface area contributed by atoms with E-state index in [4.69, 9.17) is 5.73 Å². The van der Waals surface area contributed by atoms with Crippen molar-refractivity contribution in [3.63, 3.8) is 0 Å². The highest BCUT2D eigenvalue weighted by Gasteiger charge is 2.38. The van der Waals surface area contributed by atoms with Gasteiger partial charge >= 0.3 is 0 Å². The predicted octanol–water partition coefficient (Wildman–Crippen LogP) is 6.41. The van der Waals surface area contributed by atoms with Gasteiger partial charge in [0.1, 0.15) is 0 Å². The molecular weight excluding hydrogens is 266 g/mol. The minimum absolute atomic E-state index is 0.872. The molecule has 0 aromatic heterocycles. The molecular formula is C21H43N. The van der Waals surface area contributed by atoms with Crippen LogP contribution in [0.25, 0.3) is 0 Å². The topological polar surface area (TPSA) is 26.0 Å². The number of hydrogen-bond acceptors (Lipinski definition) is 1. The van der Waals surface area contributed by atoms with E-state index in [0.717, 1.165) is 36.1 Å². The van der Waals surface area contributed by atoms with E-state index in [2.05, 4.69) is 27.7 Å². The van der Waals surface area contributed by atoms with Crippen molar-refractivity contribution in [2.24, 2.45) is 35.3 Å². The van der Waals surface area contributed by atoms with Crippen molar-refractivity contribution in [1.29, 1.82) is 0 Å². The first-order valence-electron chi connectivity index (χ1n) is 10.4. The minimum atomic E-state index is 0.872. The Kier molecular flexibility index (Phi) is 10.4. The van der Waals surface area contributed by atoms with Crippen LogP contribution in [0.4, 0.5) is 0 Å². The summed E-state index contributed by atoms with van der Waals surface area (Å²) in [5.74, 6) is 4.73. The highest BCUT2D eigenvalue weighted by molar-refractivity contribution is 4.88. The normalized spacial score (nSPS) is 32.3. The largest absolute Gasteiger partial charge is 0.330 e. The van der Waals surface area contributed by atoms with Gasteiger partial charge in [0.15, 0.2) is 0 Å². The van der Waals surface area contributed by atoms with E-state index in [0.29, 0.717) is 0 Å². The fraction of sp³-hybridized carbons (Fsp3) is 1.00. The van der Waals surface area contributed by atoms with Gasteiger partial charge in [-0.05, 0) is 55.4 Å². The molecule has 5 atom stereocenters. The summed E-state index contributed by atoms with van der Waals surface area (Å²) in [6, 6.07) is 0. The Morgan fingerprint density at radius 2 is 1.32 bits per heavy atom. The first kappa shape index (κ1) is 20.0. The SMILES string of the molecule is CCCCCCC1CC(CCCC)C(C)C(CCCN)C1C. The van der Waals surface area contributed by atoms with Crippen LogP contribution in [0.1, 0.15) is 98.3 Å². The molecule has 0 bridgehead atoms. The highest BCUT2D eigenvalue weighted by Crippen LogP contribution is 2.47. The number of nitrogens with two attached hydrogens (primary N) is 1. The Balaban J connectivity index is 2.61. The Morgan fingerprint density at radius 1 is 0.727 bits per heavy atom. The summed E-state index contributed by atoms with van der Waals surface area (Å²) in [6.45, 7) is 10.6. The van der Waals surface area contributed by atoms with Crippen LogP contribution < -0.4 is 5.73 Å². The van der Waals surface area contributed by atoms with Crippen molar-refractivity contribution >= 4 is 0 Å². The summed E-state index contributed by atoms with van der Waals surface area (Å²) in [4.78, 5) is 0. The maximum Gasteiger partial charge on any atom is -0.00772 e. The molecule has 0 aromatic rings. The van der Waals surface area contributed by atoms with Gasteiger partial charge in [-0.2, -0.15) is 0 Å². The van der Waals surface area contributed by atoms with E-state index < -0.39 is 0 Å². The lowest BCUT2D eigenvalue weighted by Gasteiger charge is -2.46. The zero-order valence-electron chi connectivity index (χ0n) is 15.9. The lowest BCUT2D eigenvalue weighted by Crippen LogP contribution is -2.38.